The number of carbonyl (C=O) groups is 1. The molecule has 21 heavy (non-hydrogen) atoms. The van der Waals surface area contributed by atoms with Crippen LogP contribution in [-0.2, 0) is 26.0 Å². The first-order valence-electron chi connectivity index (χ1n) is 7.19. The van der Waals surface area contributed by atoms with Gasteiger partial charge in [-0.25, -0.2) is 13.4 Å². The molecule has 1 fully saturated rings. The molecule has 0 amide bonds. The normalized spacial score (nSPS) is 20.4. The maximum absolute atomic E-state index is 12.5. The largest absolute Gasteiger partial charge is 0.466 e. The lowest BCUT2D eigenvalue weighted by molar-refractivity contribution is -0.149. The minimum absolute atomic E-state index is 0.0869. The Bertz CT molecular complexity index is 596. The van der Waals surface area contributed by atoms with Crippen LogP contribution in [0.2, 0.25) is 0 Å². The molecule has 2 heterocycles. The van der Waals surface area contributed by atoms with Crippen molar-refractivity contribution in [2.24, 2.45) is 5.92 Å². The fourth-order valence-corrected chi connectivity index (χ4v) is 3.86. The molecule has 1 aliphatic rings. The van der Waals surface area contributed by atoms with Gasteiger partial charge in [-0.1, -0.05) is 6.92 Å². The number of aromatic amines is 1. The van der Waals surface area contributed by atoms with Gasteiger partial charge in [0.2, 0.25) is 0 Å². The molecule has 1 aromatic heterocycles. The van der Waals surface area contributed by atoms with Gasteiger partial charge in [0, 0.05) is 19.5 Å². The lowest BCUT2D eigenvalue weighted by Gasteiger charge is -2.30. The fraction of sp³-hybridized carbons (Fsp3) is 0.692. The van der Waals surface area contributed by atoms with Crippen molar-refractivity contribution in [1.29, 1.82) is 0 Å². The SMILES string of the molecule is CCOC(=O)[C@H]1CCCN(S(=O)(=O)c2cnc(CC)[nH]2)C1. The monoisotopic (exact) mass is 315 g/mol. The summed E-state index contributed by atoms with van der Waals surface area (Å²) in [6.45, 7) is 4.53. The van der Waals surface area contributed by atoms with Gasteiger partial charge in [0.1, 0.15) is 5.82 Å². The molecule has 118 valence electrons. The van der Waals surface area contributed by atoms with Crippen LogP contribution >= 0.6 is 0 Å². The van der Waals surface area contributed by atoms with Crippen LogP contribution in [0.25, 0.3) is 0 Å². The average molecular weight is 315 g/mol. The van der Waals surface area contributed by atoms with E-state index in [2.05, 4.69) is 9.97 Å². The second-order valence-corrected chi connectivity index (χ2v) is 6.91. The highest BCUT2D eigenvalue weighted by atomic mass is 32.2. The maximum atomic E-state index is 12.5. The summed E-state index contributed by atoms with van der Waals surface area (Å²) < 4.78 is 31.4. The van der Waals surface area contributed by atoms with Crippen molar-refractivity contribution in [2.45, 2.75) is 38.1 Å². The minimum atomic E-state index is -3.63. The average Bonchev–Trinajstić information content (AvgIpc) is 2.97. The number of aryl methyl sites for hydroxylation is 1. The summed E-state index contributed by atoms with van der Waals surface area (Å²) in [6, 6.07) is 0. The molecule has 0 aliphatic carbocycles. The maximum Gasteiger partial charge on any atom is 0.310 e. The second-order valence-electron chi connectivity index (χ2n) is 5.00. The van der Waals surface area contributed by atoms with E-state index in [4.69, 9.17) is 4.74 Å². The highest BCUT2D eigenvalue weighted by Gasteiger charge is 2.34. The van der Waals surface area contributed by atoms with Crippen LogP contribution < -0.4 is 0 Å². The quantitative estimate of drug-likeness (QED) is 0.816. The Labute approximate surface area is 124 Å². The van der Waals surface area contributed by atoms with Crippen LogP contribution in [0.5, 0.6) is 0 Å². The zero-order valence-corrected chi connectivity index (χ0v) is 13.1. The summed E-state index contributed by atoms with van der Waals surface area (Å²) in [7, 11) is -3.63. The zero-order chi connectivity index (χ0) is 15.5. The number of rotatable bonds is 5. The van der Waals surface area contributed by atoms with Crippen molar-refractivity contribution in [3.8, 4) is 0 Å². The summed E-state index contributed by atoms with van der Waals surface area (Å²) in [5.41, 5.74) is 0. The van der Waals surface area contributed by atoms with Crippen LogP contribution in [0, 0.1) is 5.92 Å². The Balaban J connectivity index is 2.14. The number of hydrogen-bond acceptors (Lipinski definition) is 5. The molecule has 0 spiro atoms. The minimum Gasteiger partial charge on any atom is -0.466 e. The van der Waals surface area contributed by atoms with Crippen molar-refractivity contribution in [2.75, 3.05) is 19.7 Å². The van der Waals surface area contributed by atoms with Gasteiger partial charge in [-0.3, -0.25) is 4.79 Å². The molecule has 7 nitrogen and oxygen atoms in total. The smallest absolute Gasteiger partial charge is 0.310 e. The van der Waals surface area contributed by atoms with Gasteiger partial charge in [0.05, 0.1) is 18.7 Å². The van der Waals surface area contributed by atoms with Crippen LogP contribution in [0.4, 0.5) is 0 Å². The van der Waals surface area contributed by atoms with E-state index < -0.39 is 10.0 Å². The number of sulfonamides is 1. The van der Waals surface area contributed by atoms with E-state index in [1.165, 1.54) is 10.5 Å². The fourth-order valence-electron chi connectivity index (χ4n) is 2.41. The third-order valence-electron chi connectivity index (χ3n) is 3.56. The number of esters is 1. The summed E-state index contributed by atoms with van der Waals surface area (Å²) in [6.07, 6.45) is 3.29. The molecule has 1 saturated heterocycles. The third-order valence-corrected chi connectivity index (χ3v) is 5.34. The van der Waals surface area contributed by atoms with Gasteiger partial charge in [-0.15, -0.1) is 0 Å². The number of piperidine rings is 1. The van der Waals surface area contributed by atoms with E-state index in [0.717, 1.165) is 0 Å². The van der Waals surface area contributed by atoms with Crippen molar-refractivity contribution in [1.82, 2.24) is 14.3 Å². The van der Waals surface area contributed by atoms with Crippen LogP contribution in [0.3, 0.4) is 0 Å². The summed E-state index contributed by atoms with van der Waals surface area (Å²) in [5, 5.41) is 0.0869. The molecule has 8 heteroatoms. The van der Waals surface area contributed by atoms with E-state index in [1.807, 2.05) is 6.92 Å². The Kier molecular flexibility index (Phi) is 5.00. The van der Waals surface area contributed by atoms with Crippen LogP contribution in [-0.4, -0.2) is 48.4 Å². The Morgan fingerprint density at radius 1 is 1.52 bits per heavy atom. The van der Waals surface area contributed by atoms with Crippen LogP contribution in [0.15, 0.2) is 11.2 Å². The molecular formula is C13H21N3O4S. The molecule has 0 bridgehead atoms. The summed E-state index contributed by atoms with van der Waals surface area (Å²) in [4.78, 5) is 18.6. The lowest BCUT2D eigenvalue weighted by Crippen LogP contribution is -2.42. The Morgan fingerprint density at radius 3 is 2.90 bits per heavy atom. The highest BCUT2D eigenvalue weighted by molar-refractivity contribution is 7.89. The first-order chi connectivity index (χ1) is 9.98. The van der Waals surface area contributed by atoms with Gasteiger partial charge >= 0.3 is 5.97 Å². The van der Waals surface area contributed by atoms with E-state index in [-0.39, 0.29) is 23.5 Å². The van der Waals surface area contributed by atoms with Crippen molar-refractivity contribution in [3.63, 3.8) is 0 Å². The van der Waals surface area contributed by atoms with Gasteiger partial charge in [0.25, 0.3) is 10.0 Å². The second kappa shape index (κ2) is 6.57. The number of hydrogen-bond donors (Lipinski definition) is 1. The predicted molar refractivity (Wildman–Crippen MR) is 76.1 cm³/mol. The first kappa shape index (κ1) is 16.0. The molecule has 2 rings (SSSR count). The number of ether oxygens (including phenoxy) is 1. The lowest BCUT2D eigenvalue weighted by atomic mass is 10.0. The van der Waals surface area contributed by atoms with Crippen molar-refractivity contribution >= 4 is 16.0 Å². The molecule has 0 unspecified atom stereocenters. The number of nitrogens with zero attached hydrogens (tertiary/aromatic N) is 2. The molecule has 0 aromatic carbocycles. The van der Waals surface area contributed by atoms with Crippen LogP contribution in [0.1, 0.15) is 32.5 Å². The first-order valence-corrected chi connectivity index (χ1v) is 8.63. The molecule has 1 aliphatic heterocycles. The van der Waals surface area contributed by atoms with Crippen molar-refractivity contribution in [3.05, 3.63) is 12.0 Å². The summed E-state index contributed by atoms with van der Waals surface area (Å²) >= 11 is 0. The van der Waals surface area contributed by atoms with Gasteiger partial charge in [-0.2, -0.15) is 4.31 Å². The number of H-pyrrole nitrogens is 1. The number of aromatic nitrogens is 2. The topological polar surface area (TPSA) is 92.4 Å². The zero-order valence-electron chi connectivity index (χ0n) is 12.3. The van der Waals surface area contributed by atoms with Gasteiger partial charge < -0.3 is 9.72 Å². The molecular weight excluding hydrogens is 294 g/mol. The standard InChI is InChI=1S/C13H21N3O4S/c1-3-11-14-8-12(15-11)21(18,19)16-7-5-6-10(9-16)13(17)20-4-2/h8,10H,3-7,9H2,1-2H3,(H,14,15)/t10-/m0/s1. The molecule has 0 saturated carbocycles. The van der Waals surface area contributed by atoms with Crippen molar-refractivity contribution < 1.29 is 17.9 Å². The van der Waals surface area contributed by atoms with E-state index in [0.29, 0.717) is 38.2 Å². The Morgan fingerprint density at radius 2 is 2.29 bits per heavy atom. The molecule has 0 radical (unpaired) electrons. The third kappa shape index (κ3) is 3.44. The molecule has 1 aromatic rings. The molecule has 1 N–H and O–H groups in total. The van der Waals surface area contributed by atoms with Gasteiger partial charge in [-0.05, 0) is 19.8 Å². The van der Waals surface area contributed by atoms with E-state index in [9.17, 15) is 13.2 Å². The highest BCUT2D eigenvalue weighted by Crippen LogP contribution is 2.23. The molecule has 1 atom stereocenters. The Hall–Kier alpha value is -1.41. The van der Waals surface area contributed by atoms with E-state index in [1.54, 1.807) is 6.92 Å². The van der Waals surface area contributed by atoms with E-state index >= 15 is 0 Å². The predicted octanol–water partition coefficient (Wildman–Crippen LogP) is 0.936. The number of imidazole rings is 1. The summed E-state index contributed by atoms with van der Waals surface area (Å²) in [5.74, 6) is -0.0779. The number of nitrogens with one attached hydrogen (secondary N) is 1. The van der Waals surface area contributed by atoms with Gasteiger partial charge in [0.15, 0.2) is 5.03 Å². The number of carbonyl (C=O) groups excluding carboxylic acids is 1.